The van der Waals surface area contributed by atoms with Crippen LogP contribution in [-0.4, -0.2) is 61.8 Å². The molecule has 0 aliphatic carbocycles. The first-order chi connectivity index (χ1) is 8.91. The lowest BCUT2D eigenvalue weighted by molar-refractivity contribution is -0.178. The zero-order valence-electron chi connectivity index (χ0n) is 11.5. The van der Waals surface area contributed by atoms with E-state index in [1.54, 1.807) is 0 Å². The normalized spacial score (nSPS) is 32.1. The molecule has 0 aromatic carbocycles. The second-order valence-electron chi connectivity index (χ2n) is 5.97. The van der Waals surface area contributed by atoms with Gasteiger partial charge in [-0.25, -0.2) is 0 Å². The minimum atomic E-state index is -4.17. The van der Waals surface area contributed by atoms with Crippen LogP contribution in [0.25, 0.3) is 0 Å². The minimum absolute atomic E-state index is 0.0624. The second-order valence-corrected chi connectivity index (χ2v) is 5.97. The van der Waals surface area contributed by atoms with Crippen LogP contribution in [-0.2, 0) is 0 Å². The number of nitrogens with two attached hydrogens (primary N) is 1. The van der Waals surface area contributed by atoms with E-state index in [1.165, 1.54) is 0 Å². The third-order valence-corrected chi connectivity index (χ3v) is 4.66. The Balaban J connectivity index is 1.90. The summed E-state index contributed by atoms with van der Waals surface area (Å²) < 4.78 is 38.3. The van der Waals surface area contributed by atoms with Gasteiger partial charge >= 0.3 is 6.18 Å². The molecule has 2 aliphatic heterocycles. The van der Waals surface area contributed by atoms with Crippen molar-refractivity contribution >= 4 is 0 Å². The lowest BCUT2D eigenvalue weighted by Gasteiger charge is -2.46. The lowest BCUT2D eigenvalue weighted by Crippen LogP contribution is -2.54. The van der Waals surface area contributed by atoms with Crippen LogP contribution in [0.15, 0.2) is 0 Å². The standard InChI is InChI=1S/C13H24F3N3/c1-18-5-2-3-10-8-19(6-4-12(10)18)9-11(7-17)13(14,15)16/h10-12H,2-9,17H2,1H3. The van der Waals surface area contributed by atoms with Crippen molar-refractivity contribution < 1.29 is 13.2 Å². The van der Waals surface area contributed by atoms with Gasteiger partial charge in [0.15, 0.2) is 0 Å². The van der Waals surface area contributed by atoms with Crippen molar-refractivity contribution in [3.05, 3.63) is 0 Å². The van der Waals surface area contributed by atoms with Gasteiger partial charge in [-0.2, -0.15) is 13.2 Å². The summed E-state index contributed by atoms with van der Waals surface area (Å²) in [7, 11) is 2.13. The number of halogens is 3. The molecule has 3 nitrogen and oxygen atoms in total. The van der Waals surface area contributed by atoms with Crippen molar-refractivity contribution in [3.63, 3.8) is 0 Å². The van der Waals surface area contributed by atoms with Crippen LogP contribution in [0.3, 0.4) is 0 Å². The van der Waals surface area contributed by atoms with E-state index in [4.69, 9.17) is 5.73 Å². The molecule has 0 amide bonds. The van der Waals surface area contributed by atoms with Crippen molar-refractivity contribution in [2.75, 3.05) is 39.8 Å². The van der Waals surface area contributed by atoms with Gasteiger partial charge in [-0.15, -0.1) is 0 Å². The molecule has 2 rings (SSSR count). The third kappa shape index (κ3) is 3.61. The molecule has 0 saturated carbocycles. The summed E-state index contributed by atoms with van der Waals surface area (Å²) in [5, 5.41) is 0. The van der Waals surface area contributed by atoms with E-state index in [0.717, 1.165) is 38.9 Å². The molecule has 3 unspecified atom stereocenters. The minimum Gasteiger partial charge on any atom is -0.330 e. The maximum Gasteiger partial charge on any atom is 0.394 e. The fourth-order valence-electron chi connectivity index (χ4n) is 3.52. The fourth-order valence-corrected chi connectivity index (χ4v) is 3.52. The topological polar surface area (TPSA) is 32.5 Å². The predicted molar refractivity (Wildman–Crippen MR) is 68.8 cm³/mol. The van der Waals surface area contributed by atoms with Crippen LogP contribution < -0.4 is 5.73 Å². The van der Waals surface area contributed by atoms with Gasteiger partial charge in [0, 0.05) is 25.7 Å². The Morgan fingerprint density at radius 3 is 2.63 bits per heavy atom. The van der Waals surface area contributed by atoms with Crippen molar-refractivity contribution in [3.8, 4) is 0 Å². The molecule has 2 fully saturated rings. The molecule has 0 aromatic rings. The van der Waals surface area contributed by atoms with Gasteiger partial charge in [0.05, 0.1) is 5.92 Å². The quantitative estimate of drug-likeness (QED) is 0.850. The molecular formula is C13H24F3N3. The summed E-state index contributed by atoms with van der Waals surface area (Å²) in [5.74, 6) is -0.857. The zero-order chi connectivity index (χ0) is 14.0. The van der Waals surface area contributed by atoms with Crippen molar-refractivity contribution in [1.29, 1.82) is 0 Å². The first kappa shape index (κ1) is 15.1. The highest BCUT2D eigenvalue weighted by Crippen LogP contribution is 2.32. The van der Waals surface area contributed by atoms with E-state index < -0.39 is 12.1 Å². The van der Waals surface area contributed by atoms with Gasteiger partial charge in [0.1, 0.15) is 0 Å². The molecule has 2 N–H and O–H groups in total. The highest BCUT2D eigenvalue weighted by molar-refractivity contribution is 4.90. The second kappa shape index (κ2) is 5.97. The van der Waals surface area contributed by atoms with Crippen molar-refractivity contribution in [2.45, 2.75) is 31.5 Å². The smallest absolute Gasteiger partial charge is 0.330 e. The fraction of sp³-hybridized carbons (Fsp3) is 1.00. The molecule has 2 saturated heterocycles. The van der Waals surface area contributed by atoms with Crippen LogP contribution in [0.5, 0.6) is 0 Å². The van der Waals surface area contributed by atoms with E-state index in [1.807, 2.05) is 4.90 Å². The molecule has 2 aliphatic rings. The van der Waals surface area contributed by atoms with E-state index in [-0.39, 0.29) is 13.1 Å². The molecule has 112 valence electrons. The van der Waals surface area contributed by atoms with E-state index in [0.29, 0.717) is 12.0 Å². The SMILES string of the molecule is CN1CCCC2CN(CC(CN)C(F)(F)F)CCC21. The molecular weight excluding hydrogens is 255 g/mol. The Morgan fingerprint density at radius 1 is 1.26 bits per heavy atom. The van der Waals surface area contributed by atoms with Crippen LogP contribution in [0.1, 0.15) is 19.3 Å². The van der Waals surface area contributed by atoms with Crippen LogP contribution in [0.4, 0.5) is 13.2 Å². The van der Waals surface area contributed by atoms with Crippen molar-refractivity contribution in [2.24, 2.45) is 17.6 Å². The maximum absolute atomic E-state index is 12.8. The summed E-state index contributed by atoms with van der Waals surface area (Å²) in [6.45, 7) is 2.43. The Labute approximate surface area is 112 Å². The molecule has 2 heterocycles. The number of piperidine rings is 2. The van der Waals surface area contributed by atoms with Crippen LogP contribution in [0.2, 0.25) is 0 Å². The highest BCUT2D eigenvalue weighted by Gasteiger charge is 2.41. The zero-order valence-corrected chi connectivity index (χ0v) is 11.5. The van der Waals surface area contributed by atoms with Gasteiger partial charge in [-0.3, -0.25) is 0 Å². The summed E-state index contributed by atoms with van der Waals surface area (Å²) in [4.78, 5) is 4.33. The van der Waals surface area contributed by atoms with Gasteiger partial charge in [-0.1, -0.05) is 0 Å². The first-order valence-electron chi connectivity index (χ1n) is 7.11. The first-order valence-corrected chi connectivity index (χ1v) is 7.11. The molecule has 3 atom stereocenters. The molecule has 0 radical (unpaired) electrons. The Morgan fingerprint density at radius 2 is 2.00 bits per heavy atom. The number of hydrogen-bond acceptors (Lipinski definition) is 3. The molecule has 0 spiro atoms. The van der Waals surface area contributed by atoms with Gasteiger partial charge in [0.25, 0.3) is 0 Å². The number of likely N-dealkylation sites (tertiary alicyclic amines) is 2. The summed E-state index contributed by atoms with van der Waals surface area (Å²) in [6, 6.07) is 0.562. The van der Waals surface area contributed by atoms with Crippen LogP contribution in [0, 0.1) is 11.8 Å². The number of rotatable bonds is 3. The van der Waals surface area contributed by atoms with Crippen molar-refractivity contribution in [1.82, 2.24) is 9.80 Å². The molecule has 0 aromatic heterocycles. The van der Waals surface area contributed by atoms with Crippen LogP contribution >= 0.6 is 0 Å². The Bertz CT molecular complexity index is 295. The van der Waals surface area contributed by atoms with Gasteiger partial charge in [-0.05, 0) is 45.3 Å². The van der Waals surface area contributed by atoms with E-state index in [9.17, 15) is 13.2 Å². The lowest BCUT2D eigenvalue weighted by atomic mass is 9.84. The molecule has 19 heavy (non-hydrogen) atoms. The number of nitrogens with zero attached hydrogens (tertiary/aromatic N) is 2. The van der Waals surface area contributed by atoms with E-state index >= 15 is 0 Å². The van der Waals surface area contributed by atoms with E-state index in [2.05, 4.69) is 11.9 Å². The number of hydrogen-bond donors (Lipinski definition) is 1. The van der Waals surface area contributed by atoms with Gasteiger partial charge in [0.2, 0.25) is 0 Å². The highest BCUT2D eigenvalue weighted by atomic mass is 19.4. The van der Waals surface area contributed by atoms with Gasteiger partial charge < -0.3 is 15.5 Å². The third-order valence-electron chi connectivity index (χ3n) is 4.66. The summed E-state index contributed by atoms with van der Waals surface area (Å²) in [6.07, 6.45) is -0.888. The maximum atomic E-state index is 12.8. The average molecular weight is 279 g/mol. The molecule has 0 bridgehead atoms. The Hall–Kier alpha value is -0.330. The monoisotopic (exact) mass is 279 g/mol. The average Bonchev–Trinajstić information content (AvgIpc) is 2.34. The largest absolute Gasteiger partial charge is 0.394 e. The summed E-state index contributed by atoms with van der Waals surface area (Å²) in [5.41, 5.74) is 5.28. The summed E-state index contributed by atoms with van der Waals surface area (Å²) >= 11 is 0. The number of alkyl halides is 3. The number of fused-ring (bicyclic) bond motifs is 1. The molecule has 6 heteroatoms. The predicted octanol–water partition coefficient (Wildman–Crippen LogP) is 1.54. The Kier molecular flexibility index (Phi) is 4.74.